The Bertz CT molecular complexity index is 904. The van der Waals surface area contributed by atoms with E-state index in [4.69, 9.17) is 0 Å². The van der Waals surface area contributed by atoms with Gasteiger partial charge in [0.2, 0.25) is 0 Å². The molecule has 6 nitrogen and oxygen atoms in total. The minimum atomic E-state index is -0.147. The van der Waals surface area contributed by atoms with Crippen molar-refractivity contribution in [1.82, 2.24) is 25.7 Å². The van der Waals surface area contributed by atoms with Gasteiger partial charge in [0.1, 0.15) is 0 Å². The van der Waals surface area contributed by atoms with Crippen LogP contribution in [0.1, 0.15) is 17.2 Å². The van der Waals surface area contributed by atoms with Crippen molar-refractivity contribution in [3.63, 3.8) is 0 Å². The van der Waals surface area contributed by atoms with Crippen LogP contribution in [0, 0.1) is 0 Å². The lowest BCUT2D eigenvalue weighted by atomic mass is 9.94. The van der Waals surface area contributed by atoms with Gasteiger partial charge in [-0.15, -0.1) is 0 Å². The van der Waals surface area contributed by atoms with Crippen LogP contribution in [0.15, 0.2) is 54.7 Å². The minimum Gasteiger partial charge on any atom is -0.336 e. The van der Waals surface area contributed by atoms with Crippen molar-refractivity contribution in [2.24, 2.45) is 0 Å². The summed E-state index contributed by atoms with van der Waals surface area (Å²) in [5, 5.41) is 14.8. The smallest absolute Gasteiger partial charge is 0.314 e. The standard InChI is InChI=1S/C20H23N5O/c26-20(22-11-12-25-19-8-4-2-6-16(19)13-24-25)23-14-18-17-7-3-1-5-15(17)9-10-21-18/h1-8,13,18,21H,9-12,14H2,(H2,22,23,26). The number of carbonyl (C=O) groups excluding carboxylic acids is 1. The number of nitrogens with one attached hydrogen (secondary N) is 3. The Balaban J connectivity index is 1.26. The van der Waals surface area contributed by atoms with Gasteiger partial charge in [0.25, 0.3) is 0 Å². The predicted molar refractivity (Wildman–Crippen MR) is 102 cm³/mol. The quantitative estimate of drug-likeness (QED) is 0.661. The molecule has 1 aromatic heterocycles. The molecule has 2 amide bonds. The summed E-state index contributed by atoms with van der Waals surface area (Å²) in [4.78, 5) is 12.1. The van der Waals surface area contributed by atoms with E-state index in [1.807, 2.05) is 41.2 Å². The van der Waals surface area contributed by atoms with Crippen molar-refractivity contribution in [3.05, 3.63) is 65.9 Å². The summed E-state index contributed by atoms with van der Waals surface area (Å²) < 4.78 is 1.91. The van der Waals surface area contributed by atoms with Crippen LogP contribution in [0.4, 0.5) is 4.79 Å². The van der Waals surface area contributed by atoms with E-state index in [0.717, 1.165) is 23.9 Å². The molecule has 0 saturated heterocycles. The number of nitrogens with zero attached hydrogens (tertiary/aromatic N) is 2. The van der Waals surface area contributed by atoms with Crippen molar-refractivity contribution in [3.8, 4) is 0 Å². The average Bonchev–Trinajstić information content (AvgIpc) is 3.09. The molecule has 2 aromatic carbocycles. The molecule has 1 unspecified atom stereocenters. The summed E-state index contributed by atoms with van der Waals surface area (Å²) in [6, 6.07) is 16.5. The van der Waals surface area contributed by atoms with Crippen LogP contribution < -0.4 is 16.0 Å². The van der Waals surface area contributed by atoms with Crippen molar-refractivity contribution in [2.75, 3.05) is 19.6 Å². The third kappa shape index (κ3) is 3.55. The number of aromatic nitrogens is 2. The zero-order chi connectivity index (χ0) is 17.8. The molecule has 1 atom stereocenters. The number of fused-ring (bicyclic) bond motifs is 2. The molecule has 1 aliphatic heterocycles. The summed E-state index contributed by atoms with van der Waals surface area (Å²) in [7, 11) is 0. The van der Waals surface area contributed by atoms with E-state index in [-0.39, 0.29) is 12.1 Å². The Kier molecular flexibility index (Phi) is 4.84. The molecule has 4 rings (SSSR count). The Labute approximate surface area is 152 Å². The second-order valence-electron chi connectivity index (χ2n) is 6.52. The first-order valence-electron chi connectivity index (χ1n) is 9.05. The topological polar surface area (TPSA) is 71.0 Å². The molecule has 0 bridgehead atoms. The predicted octanol–water partition coefficient (Wildman–Crippen LogP) is 2.22. The molecule has 6 heteroatoms. The van der Waals surface area contributed by atoms with Gasteiger partial charge in [-0.1, -0.05) is 42.5 Å². The molecule has 0 spiro atoms. The average molecular weight is 349 g/mol. The highest BCUT2D eigenvalue weighted by Gasteiger charge is 2.19. The Morgan fingerprint density at radius 3 is 2.96 bits per heavy atom. The second-order valence-corrected chi connectivity index (χ2v) is 6.52. The maximum absolute atomic E-state index is 12.1. The number of benzene rings is 2. The van der Waals surface area contributed by atoms with Crippen LogP contribution in [-0.4, -0.2) is 35.4 Å². The van der Waals surface area contributed by atoms with E-state index < -0.39 is 0 Å². The third-order valence-corrected chi connectivity index (χ3v) is 4.84. The lowest BCUT2D eigenvalue weighted by Crippen LogP contribution is -2.43. The van der Waals surface area contributed by atoms with Gasteiger partial charge in [0, 0.05) is 24.5 Å². The van der Waals surface area contributed by atoms with Crippen molar-refractivity contribution in [2.45, 2.75) is 19.0 Å². The zero-order valence-corrected chi connectivity index (χ0v) is 14.6. The first kappa shape index (κ1) is 16.6. The van der Waals surface area contributed by atoms with Gasteiger partial charge in [-0.05, 0) is 30.2 Å². The van der Waals surface area contributed by atoms with Crippen LogP contribution in [0.25, 0.3) is 10.9 Å². The van der Waals surface area contributed by atoms with Gasteiger partial charge in [-0.25, -0.2) is 4.79 Å². The lowest BCUT2D eigenvalue weighted by molar-refractivity contribution is 0.239. The third-order valence-electron chi connectivity index (χ3n) is 4.84. The molecule has 0 radical (unpaired) electrons. The van der Waals surface area contributed by atoms with Crippen molar-refractivity contribution < 1.29 is 4.79 Å². The number of hydrogen-bond acceptors (Lipinski definition) is 3. The highest BCUT2D eigenvalue weighted by Crippen LogP contribution is 2.21. The fraction of sp³-hybridized carbons (Fsp3) is 0.300. The summed E-state index contributed by atoms with van der Waals surface area (Å²) in [5.74, 6) is 0. The molecular weight excluding hydrogens is 326 g/mol. The number of para-hydroxylation sites is 1. The van der Waals surface area contributed by atoms with Gasteiger partial charge >= 0.3 is 6.03 Å². The number of amides is 2. The SMILES string of the molecule is O=C(NCCn1ncc2ccccc21)NCC1NCCc2ccccc21. The number of rotatable bonds is 5. The maximum Gasteiger partial charge on any atom is 0.314 e. The largest absolute Gasteiger partial charge is 0.336 e. The van der Waals surface area contributed by atoms with Gasteiger partial charge < -0.3 is 16.0 Å². The van der Waals surface area contributed by atoms with Crippen LogP contribution in [0.3, 0.4) is 0 Å². The van der Waals surface area contributed by atoms with E-state index in [2.05, 4.69) is 39.2 Å². The van der Waals surface area contributed by atoms with Crippen LogP contribution >= 0.6 is 0 Å². The molecule has 2 heterocycles. The molecule has 3 aromatic rings. The molecule has 0 aliphatic carbocycles. The van der Waals surface area contributed by atoms with Gasteiger partial charge in [0.05, 0.1) is 18.3 Å². The second kappa shape index (κ2) is 7.58. The summed E-state index contributed by atoms with van der Waals surface area (Å²) in [5.41, 5.74) is 3.73. The molecule has 26 heavy (non-hydrogen) atoms. The lowest BCUT2D eigenvalue weighted by Gasteiger charge is -2.27. The first-order chi connectivity index (χ1) is 12.8. The summed E-state index contributed by atoms with van der Waals surface area (Å²) in [6.07, 6.45) is 2.89. The Hall–Kier alpha value is -2.86. The molecule has 1 aliphatic rings. The maximum atomic E-state index is 12.1. The minimum absolute atomic E-state index is 0.147. The Morgan fingerprint density at radius 2 is 2.00 bits per heavy atom. The molecular formula is C20H23N5O. The van der Waals surface area contributed by atoms with Gasteiger partial charge in [-0.3, -0.25) is 4.68 Å². The van der Waals surface area contributed by atoms with Crippen LogP contribution in [0.2, 0.25) is 0 Å². The zero-order valence-electron chi connectivity index (χ0n) is 14.6. The fourth-order valence-corrected chi connectivity index (χ4v) is 3.51. The number of hydrogen-bond donors (Lipinski definition) is 3. The summed E-state index contributed by atoms with van der Waals surface area (Å²) in [6.45, 7) is 2.70. The van der Waals surface area contributed by atoms with Gasteiger partial charge in [0.15, 0.2) is 0 Å². The van der Waals surface area contributed by atoms with Crippen molar-refractivity contribution >= 4 is 16.9 Å². The number of carbonyl (C=O) groups is 1. The fourth-order valence-electron chi connectivity index (χ4n) is 3.51. The molecule has 134 valence electrons. The monoisotopic (exact) mass is 349 g/mol. The highest BCUT2D eigenvalue weighted by atomic mass is 16.2. The van der Waals surface area contributed by atoms with Crippen LogP contribution in [0.5, 0.6) is 0 Å². The Morgan fingerprint density at radius 1 is 1.15 bits per heavy atom. The van der Waals surface area contributed by atoms with E-state index in [9.17, 15) is 4.79 Å². The van der Waals surface area contributed by atoms with E-state index >= 15 is 0 Å². The van der Waals surface area contributed by atoms with Crippen molar-refractivity contribution in [1.29, 1.82) is 0 Å². The van der Waals surface area contributed by atoms with E-state index in [1.165, 1.54) is 11.1 Å². The summed E-state index contributed by atoms with van der Waals surface area (Å²) >= 11 is 0. The normalized spacial score (nSPS) is 16.2. The molecule has 3 N–H and O–H groups in total. The van der Waals surface area contributed by atoms with Gasteiger partial charge in [-0.2, -0.15) is 5.10 Å². The first-order valence-corrected chi connectivity index (χ1v) is 9.05. The molecule has 0 saturated carbocycles. The van der Waals surface area contributed by atoms with Crippen LogP contribution in [-0.2, 0) is 13.0 Å². The highest BCUT2D eigenvalue weighted by molar-refractivity contribution is 5.78. The molecule has 0 fully saturated rings. The van der Waals surface area contributed by atoms with E-state index in [0.29, 0.717) is 19.6 Å². The van der Waals surface area contributed by atoms with E-state index in [1.54, 1.807) is 0 Å². The number of urea groups is 1.